The summed E-state index contributed by atoms with van der Waals surface area (Å²) >= 11 is 0. The lowest BCUT2D eigenvalue weighted by atomic mass is 9.81. The molecule has 0 atom stereocenters. The first-order valence-corrected chi connectivity index (χ1v) is 11.3. The molecule has 160 valence electrons. The molecule has 0 radical (unpaired) electrons. The number of benzene rings is 1. The Morgan fingerprint density at radius 3 is 2.71 bits per heavy atom. The lowest BCUT2D eigenvalue weighted by molar-refractivity contribution is 0.0601. The minimum atomic E-state index is -0.331. The third-order valence-electron chi connectivity index (χ3n) is 6.67. The molecule has 0 spiro atoms. The third-order valence-corrected chi connectivity index (χ3v) is 6.67. The summed E-state index contributed by atoms with van der Waals surface area (Å²) in [6.07, 6.45) is 13.3. The van der Waals surface area contributed by atoms with Gasteiger partial charge in [-0.15, -0.1) is 0 Å². The number of hydrogen-bond acceptors (Lipinski definition) is 3. The van der Waals surface area contributed by atoms with Gasteiger partial charge in [-0.05, 0) is 67.0 Å². The van der Waals surface area contributed by atoms with E-state index in [2.05, 4.69) is 29.7 Å². The number of aromatic nitrogens is 1. The van der Waals surface area contributed by atoms with Crippen LogP contribution in [0.4, 0.5) is 0 Å². The van der Waals surface area contributed by atoms with Crippen molar-refractivity contribution >= 4 is 22.4 Å². The van der Waals surface area contributed by atoms with E-state index >= 15 is 0 Å². The Bertz CT molecular complexity index is 1150. The van der Waals surface area contributed by atoms with E-state index in [0.717, 1.165) is 23.1 Å². The van der Waals surface area contributed by atoms with E-state index in [4.69, 9.17) is 4.74 Å². The highest BCUT2D eigenvalue weighted by Crippen LogP contribution is 2.45. The molecule has 1 aromatic heterocycles. The summed E-state index contributed by atoms with van der Waals surface area (Å²) in [5.74, 6) is 0.177. The Balaban J connectivity index is 2.08. The maximum atomic E-state index is 12.3. The first kappa shape index (κ1) is 21.2. The Hall–Kier alpha value is -3.06. The summed E-state index contributed by atoms with van der Waals surface area (Å²) in [6, 6.07) is 8.31. The normalized spacial score (nSPS) is 17.4. The van der Waals surface area contributed by atoms with E-state index in [1.54, 1.807) is 0 Å². The van der Waals surface area contributed by atoms with Gasteiger partial charge in [0.2, 0.25) is 0 Å². The molecular formula is C27H30N2O2. The maximum Gasteiger partial charge on any atom is 0.337 e. The van der Waals surface area contributed by atoms with Crippen LogP contribution in [-0.2, 0) is 11.3 Å². The summed E-state index contributed by atoms with van der Waals surface area (Å²) in [6.45, 7) is 4.73. The number of fused-ring (bicyclic) bond motifs is 3. The van der Waals surface area contributed by atoms with Crippen molar-refractivity contribution in [2.24, 2.45) is 0 Å². The highest BCUT2D eigenvalue weighted by Gasteiger charge is 2.29. The van der Waals surface area contributed by atoms with Gasteiger partial charge in [0.15, 0.2) is 0 Å². The van der Waals surface area contributed by atoms with Crippen molar-refractivity contribution < 1.29 is 9.53 Å². The minimum Gasteiger partial charge on any atom is -0.465 e. The predicted octanol–water partition coefficient (Wildman–Crippen LogP) is 6.68. The molecule has 4 nitrogen and oxygen atoms in total. The molecule has 0 bridgehead atoms. The molecule has 0 N–H and O–H groups in total. The molecule has 2 heterocycles. The molecule has 0 unspecified atom stereocenters. The fraction of sp³-hybridized carbons (Fsp3) is 0.407. The van der Waals surface area contributed by atoms with Gasteiger partial charge in [0.25, 0.3) is 0 Å². The Morgan fingerprint density at radius 1 is 1.29 bits per heavy atom. The van der Waals surface area contributed by atoms with Gasteiger partial charge >= 0.3 is 5.97 Å². The van der Waals surface area contributed by atoms with Crippen molar-refractivity contribution in [3.8, 4) is 6.07 Å². The third kappa shape index (κ3) is 3.74. The van der Waals surface area contributed by atoms with Gasteiger partial charge in [-0.3, -0.25) is 0 Å². The van der Waals surface area contributed by atoms with Gasteiger partial charge in [0, 0.05) is 22.2 Å². The molecule has 1 fully saturated rings. The average molecular weight is 415 g/mol. The van der Waals surface area contributed by atoms with Crippen LogP contribution in [0.1, 0.15) is 79.9 Å². The molecule has 1 aliphatic carbocycles. The number of nitrogens with zero attached hydrogens (tertiary/aromatic N) is 2. The number of carbonyl (C=O) groups excluding carboxylic acids is 1. The second-order valence-corrected chi connectivity index (χ2v) is 8.48. The van der Waals surface area contributed by atoms with E-state index in [1.807, 2.05) is 31.2 Å². The number of methoxy groups -OCH3 is 1. The molecule has 1 aromatic carbocycles. The van der Waals surface area contributed by atoms with Gasteiger partial charge in [0.05, 0.1) is 25.3 Å². The zero-order valence-electron chi connectivity index (χ0n) is 18.7. The largest absolute Gasteiger partial charge is 0.465 e. The summed E-state index contributed by atoms with van der Waals surface area (Å²) in [5, 5.41) is 11.1. The fourth-order valence-corrected chi connectivity index (χ4v) is 5.31. The monoisotopic (exact) mass is 414 g/mol. The van der Waals surface area contributed by atoms with Crippen LogP contribution in [0, 0.1) is 11.3 Å². The summed E-state index contributed by atoms with van der Waals surface area (Å²) in [4.78, 5) is 12.3. The van der Waals surface area contributed by atoms with Crippen LogP contribution >= 0.6 is 0 Å². The lowest BCUT2D eigenvalue weighted by Crippen LogP contribution is -2.09. The average Bonchev–Trinajstić information content (AvgIpc) is 3.02. The van der Waals surface area contributed by atoms with Crippen LogP contribution in [0.15, 0.2) is 47.6 Å². The first-order chi connectivity index (χ1) is 15.1. The topological polar surface area (TPSA) is 55.0 Å². The smallest absolute Gasteiger partial charge is 0.337 e. The molecule has 1 aliphatic heterocycles. The molecular weight excluding hydrogens is 384 g/mol. The van der Waals surface area contributed by atoms with Gasteiger partial charge < -0.3 is 9.30 Å². The van der Waals surface area contributed by atoms with Crippen molar-refractivity contribution in [3.05, 3.63) is 64.4 Å². The summed E-state index contributed by atoms with van der Waals surface area (Å²) < 4.78 is 7.25. The van der Waals surface area contributed by atoms with E-state index < -0.39 is 0 Å². The Morgan fingerprint density at radius 2 is 2.06 bits per heavy atom. The number of ether oxygens (including phenoxy) is 1. The number of allylic oxidation sites excluding steroid dienone is 6. The fourth-order valence-electron chi connectivity index (χ4n) is 5.31. The second kappa shape index (κ2) is 8.98. The quantitative estimate of drug-likeness (QED) is 0.524. The number of nitriles is 1. The standard InChI is InChI=1S/C27H30N2O2/c1-4-9-20-14-18(16-28)17-29-24-15-21(27(30)31-3)12-13-23(24)25(26(29)22(20)5-2)19-10-7-6-8-11-19/h4,9,12-15,19H,5-8,10-11,17H2,1-3H3/b9-4-. The van der Waals surface area contributed by atoms with Gasteiger partial charge in [-0.1, -0.05) is 44.4 Å². The van der Waals surface area contributed by atoms with E-state index in [-0.39, 0.29) is 5.97 Å². The van der Waals surface area contributed by atoms with Crippen LogP contribution < -0.4 is 0 Å². The highest BCUT2D eigenvalue weighted by atomic mass is 16.5. The van der Waals surface area contributed by atoms with E-state index in [9.17, 15) is 10.1 Å². The van der Waals surface area contributed by atoms with Crippen molar-refractivity contribution in [2.75, 3.05) is 7.11 Å². The highest BCUT2D eigenvalue weighted by molar-refractivity contribution is 5.98. The zero-order chi connectivity index (χ0) is 22.0. The summed E-state index contributed by atoms with van der Waals surface area (Å²) in [7, 11) is 1.41. The predicted molar refractivity (Wildman–Crippen MR) is 125 cm³/mol. The van der Waals surface area contributed by atoms with Gasteiger partial charge in [-0.2, -0.15) is 5.26 Å². The molecule has 2 aliphatic rings. The van der Waals surface area contributed by atoms with E-state index in [1.165, 1.54) is 61.4 Å². The lowest BCUT2D eigenvalue weighted by Gasteiger charge is -2.24. The SMILES string of the molecule is C/C=C\C1=C(CC)c2c(C3CCCCC3)c3ccc(C(=O)OC)cc3n2CC(C#N)=C1. The van der Waals surface area contributed by atoms with Crippen molar-refractivity contribution in [1.29, 1.82) is 5.26 Å². The maximum absolute atomic E-state index is 12.3. The molecule has 0 amide bonds. The molecule has 31 heavy (non-hydrogen) atoms. The summed E-state index contributed by atoms with van der Waals surface area (Å²) in [5.41, 5.74) is 7.35. The molecule has 0 saturated heterocycles. The first-order valence-electron chi connectivity index (χ1n) is 11.3. The van der Waals surface area contributed by atoms with Crippen molar-refractivity contribution in [1.82, 2.24) is 4.57 Å². The van der Waals surface area contributed by atoms with E-state index in [0.29, 0.717) is 18.0 Å². The minimum absolute atomic E-state index is 0.331. The van der Waals surface area contributed by atoms with Crippen LogP contribution in [0.3, 0.4) is 0 Å². The molecule has 1 saturated carbocycles. The number of carbonyl (C=O) groups is 1. The zero-order valence-corrected chi connectivity index (χ0v) is 18.7. The van der Waals surface area contributed by atoms with Gasteiger partial charge in [-0.25, -0.2) is 4.79 Å². The molecule has 4 rings (SSSR count). The number of hydrogen-bond donors (Lipinski definition) is 0. The Labute approximate surface area is 184 Å². The van der Waals surface area contributed by atoms with Crippen LogP contribution in [0.25, 0.3) is 16.5 Å². The Kier molecular flexibility index (Phi) is 6.13. The van der Waals surface area contributed by atoms with Crippen molar-refractivity contribution in [2.45, 2.75) is 64.8 Å². The van der Waals surface area contributed by atoms with Crippen LogP contribution in [0.5, 0.6) is 0 Å². The molecule has 4 heteroatoms. The number of rotatable bonds is 4. The van der Waals surface area contributed by atoms with Crippen LogP contribution in [0.2, 0.25) is 0 Å². The number of esters is 1. The molecule has 2 aromatic rings. The van der Waals surface area contributed by atoms with Crippen molar-refractivity contribution in [3.63, 3.8) is 0 Å². The second-order valence-electron chi connectivity index (χ2n) is 8.48. The van der Waals surface area contributed by atoms with Gasteiger partial charge in [0.1, 0.15) is 0 Å². The van der Waals surface area contributed by atoms with Crippen LogP contribution in [-0.4, -0.2) is 17.6 Å².